The van der Waals surface area contributed by atoms with Gasteiger partial charge in [-0.2, -0.15) is 13.2 Å². The molecule has 0 unspecified atom stereocenters. The first-order valence-corrected chi connectivity index (χ1v) is 16.7. The second-order valence-corrected chi connectivity index (χ2v) is 12.7. The summed E-state index contributed by atoms with van der Waals surface area (Å²) in [5, 5.41) is 20.1. The number of carboxylic acid groups (broad SMARTS) is 2. The molecule has 1 fully saturated rings. The third-order valence-electron chi connectivity index (χ3n) is 8.45. The van der Waals surface area contributed by atoms with Crippen LogP contribution in [0.25, 0.3) is 0 Å². The number of amides is 2. The Kier molecular flexibility index (Phi) is 16.5. The minimum absolute atomic E-state index is 0.184. The van der Waals surface area contributed by atoms with Crippen molar-refractivity contribution in [1.82, 2.24) is 10.2 Å². The van der Waals surface area contributed by atoms with Crippen LogP contribution < -0.4 is 11.1 Å². The number of nitrogens with one attached hydrogen (secondary N) is 1. The lowest BCUT2D eigenvalue weighted by Crippen LogP contribution is -2.57. The third-order valence-corrected chi connectivity index (χ3v) is 8.70. The summed E-state index contributed by atoms with van der Waals surface area (Å²) in [5.74, 6) is -6.29. The Balaban J connectivity index is 0.00000116. The molecule has 3 rings (SSSR count). The number of esters is 1. The lowest BCUT2D eigenvalue weighted by Gasteiger charge is -2.32. The van der Waals surface area contributed by atoms with Crippen LogP contribution in [0.15, 0.2) is 54.6 Å². The first-order chi connectivity index (χ1) is 23.9. The van der Waals surface area contributed by atoms with E-state index in [0.29, 0.717) is 49.2 Å². The number of carboxylic acids is 2. The van der Waals surface area contributed by atoms with Crippen LogP contribution in [-0.4, -0.2) is 87.6 Å². The number of aliphatic carboxylic acids is 2. The van der Waals surface area contributed by atoms with Crippen LogP contribution in [0, 0.1) is 5.92 Å². The minimum atomic E-state index is -5.08. The highest BCUT2D eigenvalue weighted by atomic mass is 35.5. The molecule has 0 aliphatic carbocycles. The van der Waals surface area contributed by atoms with Crippen molar-refractivity contribution in [3.8, 4) is 0 Å². The molecule has 1 aliphatic heterocycles. The Morgan fingerprint density at radius 2 is 1.63 bits per heavy atom. The van der Waals surface area contributed by atoms with Crippen LogP contribution in [0.5, 0.6) is 0 Å². The maximum absolute atomic E-state index is 13.7. The Hall–Kier alpha value is -4.50. The molecule has 0 aromatic heterocycles. The monoisotopic (exact) mass is 741 g/mol. The van der Waals surface area contributed by atoms with E-state index in [9.17, 15) is 42.3 Å². The van der Waals surface area contributed by atoms with Crippen LogP contribution >= 0.6 is 11.6 Å². The van der Waals surface area contributed by atoms with E-state index >= 15 is 0 Å². The number of unbranched alkanes of at least 4 members (excludes halogenated alkanes) is 1. The first kappa shape index (κ1) is 42.7. The first-order valence-electron chi connectivity index (χ1n) is 16.3. The second-order valence-electron chi connectivity index (χ2n) is 12.3. The molecule has 0 bridgehead atoms. The van der Waals surface area contributed by atoms with E-state index in [2.05, 4.69) is 5.32 Å². The quantitative estimate of drug-likeness (QED) is 0.137. The summed E-state index contributed by atoms with van der Waals surface area (Å²) < 4.78 is 37.0. The number of halogens is 4. The van der Waals surface area contributed by atoms with Gasteiger partial charge in [0.05, 0.1) is 23.8 Å². The van der Waals surface area contributed by atoms with Gasteiger partial charge in [0.2, 0.25) is 11.8 Å². The van der Waals surface area contributed by atoms with Crippen molar-refractivity contribution < 1.29 is 56.9 Å². The van der Waals surface area contributed by atoms with Crippen molar-refractivity contribution in [3.63, 3.8) is 0 Å². The Bertz CT molecular complexity index is 1510. The number of alkyl halides is 3. The summed E-state index contributed by atoms with van der Waals surface area (Å²) in [6, 6.07) is 13.8. The number of carbonyl (C=O) groups is 6. The average Bonchev–Trinajstić information content (AvgIpc) is 3.59. The molecule has 1 heterocycles. The molecule has 51 heavy (non-hydrogen) atoms. The van der Waals surface area contributed by atoms with Gasteiger partial charge >= 0.3 is 24.1 Å². The van der Waals surface area contributed by atoms with Gasteiger partial charge in [-0.3, -0.25) is 14.4 Å². The van der Waals surface area contributed by atoms with E-state index in [0.717, 1.165) is 5.56 Å². The number of hydrogen-bond acceptors (Lipinski definition) is 8. The zero-order valence-corrected chi connectivity index (χ0v) is 29.0. The predicted molar refractivity (Wildman–Crippen MR) is 180 cm³/mol. The summed E-state index contributed by atoms with van der Waals surface area (Å²) in [5.41, 5.74) is 6.11. The van der Waals surface area contributed by atoms with Gasteiger partial charge in [0.1, 0.15) is 6.04 Å². The zero-order chi connectivity index (χ0) is 38.4. The normalized spacial score (nSPS) is 16.5. The van der Waals surface area contributed by atoms with Crippen LogP contribution in [-0.2, 0) is 35.1 Å². The fourth-order valence-corrected chi connectivity index (χ4v) is 5.39. The number of ether oxygens (including phenoxy) is 1. The van der Waals surface area contributed by atoms with E-state index in [1.54, 1.807) is 62.4 Å². The standard InChI is InChI=1S/C33H42ClN3O7.C2HF3O2/c1-3-33(2,36-29(39)26(35)12-7-8-19-44-32(43)23-10-5-4-6-11-23)28(38)21-24(20-22-14-16-25(34)17-15-22)30(40)37-18-9-13-27(37)31(41)42;3-2(4,5)1(6)7/h4-6,10-11,14-17,24,26-27H,3,7-9,12-13,18-21,35H2,1-2H3,(H,36,39)(H,41,42);(H,6,7)/t24-,26+,27-,33+;/m1./s1. The predicted octanol–water partition coefficient (Wildman–Crippen LogP) is 4.81. The highest BCUT2D eigenvalue weighted by molar-refractivity contribution is 6.30. The number of nitrogens with zero attached hydrogens (tertiary/aromatic N) is 1. The molecular weight excluding hydrogens is 699 g/mol. The third kappa shape index (κ3) is 13.6. The second kappa shape index (κ2) is 19.8. The summed E-state index contributed by atoms with van der Waals surface area (Å²) >= 11 is 6.02. The van der Waals surface area contributed by atoms with Gasteiger partial charge in [0, 0.05) is 23.9 Å². The molecule has 0 radical (unpaired) electrons. The SMILES string of the molecule is CC[C@](C)(NC(=O)[C@@H](N)CCCCOC(=O)c1ccccc1)C(=O)C[C@@H](Cc1ccc(Cl)cc1)C(=O)N1CCC[C@@H]1C(=O)O.O=C(O)C(F)(F)F. The molecule has 12 nitrogen and oxygen atoms in total. The van der Waals surface area contributed by atoms with Gasteiger partial charge in [0.25, 0.3) is 0 Å². The fraction of sp³-hybridized carbons (Fsp3) is 0.486. The Labute approximate surface area is 298 Å². The summed E-state index contributed by atoms with van der Waals surface area (Å²) in [6.45, 7) is 3.88. The van der Waals surface area contributed by atoms with E-state index in [4.69, 9.17) is 32.0 Å². The van der Waals surface area contributed by atoms with Crippen molar-refractivity contribution in [1.29, 1.82) is 0 Å². The van der Waals surface area contributed by atoms with Gasteiger partial charge in [-0.15, -0.1) is 0 Å². The molecule has 4 atom stereocenters. The van der Waals surface area contributed by atoms with E-state index in [-0.39, 0.29) is 31.7 Å². The average molecular weight is 742 g/mol. The number of carbonyl (C=O) groups excluding carboxylic acids is 4. The molecule has 2 amide bonds. The van der Waals surface area contributed by atoms with E-state index < -0.39 is 59.4 Å². The number of ketones is 1. The van der Waals surface area contributed by atoms with Gasteiger partial charge in [-0.05, 0) is 81.7 Å². The van der Waals surface area contributed by atoms with Crippen LogP contribution in [0.4, 0.5) is 13.2 Å². The number of Topliss-reactive ketones (excluding diaryl/α,β-unsaturated/α-hetero) is 1. The lowest BCUT2D eigenvalue weighted by molar-refractivity contribution is -0.192. The summed E-state index contributed by atoms with van der Waals surface area (Å²) in [6.07, 6.45) is -2.48. The number of nitrogens with two attached hydrogens (primary N) is 1. The molecule has 1 saturated heterocycles. The smallest absolute Gasteiger partial charge is 0.480 e. The Morgan fingerprint density at radius 1 is 1.02 bits per heavy atom. The largest absolute Gasteiger partial charge is 0.490 e. The maximum atomic E-state index is 13.7. The highest BCUT2D eigenvalue weighted by Gasteiger charge is 2.41. The molecular formula is C35H43ClF3N3O9. The summed E-state index contributed by atoms with van der Waals surface area (Å²) in [7, 11) is 0. The highest BCUT2D eigenvalue weighted by Crippen LogP contribution is 2.27. The van der Waals surface area contributed by atoms with Gasteiger partial charge in [-0.1, -0.05) is 48.9 Å². The van der Waals surface area contributed by atoms with Crippen molar-refractivity contribution in [2.45, 2.75) is 89.0 Å². The van der Waals surface area contributed by atoms with E-state index in [1.807, 2.05) is 6.07 Å². The van der Waals surface area contributed by atoms with Gasteiger partial charge < -0.3 is 30.9 Å². The van der Waals surface area contributed by atoms with Crippen molar-refractivity contribution in [3.05, 3.63) is 70.7 Å². The molecule has 16 heteroatoms. The zero-order valence-electron chi connectivity index (χ0n) is 28.3. The molecule has 280 valence electrons. The maximum Gasteiger partial charge on any atom is 0.490 e. The van der Waals surface area contributed by atoms with Crippen LogP contribution in [0.2, 0.25) is 5.02 Å². The lowest BCUT2D eigenvalue weighted by atomic mass is 9.83. The molecule has 2 aromatic rings. The fourth-order valence-electron chi connectivity index (χ4n) is 5.26. The molecule has 0 saturated carbocycles. The number of rotatable bonds is 16. The van der Waals surface area contributed by atoms with Gasteiger partial charge in [0.15, 0.2) is 5.78 Å². The van der Waals surface area contributed by atoms with Crippen molar-refractivity contribution >= 4 is 47.1 Å². The molecule has 5 N–H and O–H groups in total. The molecule has 1 aliphatic rings. The number of benzene rings is 2. The van der Waals surface area contributed by atoms with E-state index in [1.165, 1.54) is 4.90 Å². The molecule has 0 spiro atoms. The van der Waals surface area contributed by atoms with Crippen molar-refractivity contribution in [2.24, 2.45) is 11.7 Å². The van der Waals surface area contributed by atoms with Crippen molar-refractivity contribution in [2.75, 3.05) is 13.2 Å². The number of likely N-dealkylation sites (tertiary alicyclic amines) is 1. The van der Waals surface area contributed by atoms with Crippen LogP contribution in [0.3, 0.4) is 0 Å². The van der Waals surface area contributed by atoms with Gasteiger partial charge in [-0.25, -0.2) is 14.4 Å². The minimum Gasteiger partial charge on any atom is -0.480 e. The Morgan fingerprint density at radius 3 is 2.18 bits per heavy atom. The topological polar surface area (TPSA) is 193 Å². The summed E-state index contributed by atoms with van der Waals surface area (Å²) in [4.78, 5) is 74.5. The number of hydrogen-bond donors (Lipinski definition) is 4. The molecule has 2 aromatic carbocycles. The van der Waals surface area contributed by atoms with Crippen LogP contribution in [0.1, 0.15) is 74.7 Å².